The number of alkyl halides is 2. The third-order valence-electron chi connectivity index (χ3n) is 1.38. The van der Waals surface area contributed by atoms with E-state index in [-0.39, 0.29) is 0 Å². The van der Waals surface area contributed by atoms with Gasteiger partial charge in [0, 0.05) is 5.02 Å². The Labute approximate surface area is 88.8 Å². The highest BCUT2D eigenvalue weighted by Crippen LogP contribution is 2.33. The van der Waals surface area contributed by atoms with E-state index in [9.17, 15) is 4.79 Å². The van der Waals surface area contributed by atoms with Crippen LogP contribution in [-0.4, -0.2) is 6.29 Å². The molecule has 0 radical (unpaired) electrons. The van der Waals surface area contributed by atoms with Crippen LogP contribution in [0.2, 0.25) is 5.02 Å². The molecule has 1 nitrogen and oxygen atoms in total. The lowest BCUT2D eigenvalue weighted by Gasteiger charge is -2.11. The van der Waals surface area contributed by atoms with E-state index >= 15 is 0 Å². The van der Waals surface area contributed by atoms with Gasteiger partial charge in [-0.15, -0.1) is 0 Å². The van der Waals surface area contributed by atoms with Gasteiger partial charge in [0.15, 0.2) is 10.1 Å². The summed E-state index contributed by atoms with van der Waals surface area (Å²) in [6.45, 7) is 0. The number of rotatable bonds is 2. The molecule has 1 aromatic rings. The van der Waals surface area contributed by atoms with Crippen molar-refractivity contribution < 1.29 is 4.79 Å². The molecule has 0 N–H and O–H groups in total. The minimum absolute atomic E-state index is 0.615. The molecule has 1 aromatic carbocycles. The normalized spacial score (nSPS) is 15.2. The summed E-state index contributed by atoms with van der Waals surface area (Å²) in [5.74, 6) is 0. The van der Waals surface area contributed by atoms with Crippen LogP contribution in [0, 0.1) is 0 Å². The summed E-state index contributed by atoms with van der Waals surface area (Å²) < 4.78 is -1.13. The van der Waals surface area contributed by atoms with Crippen molar-refractivity contribution in [3.8, 4) is 0 Å². The maximum absolute atomic E-state index is 10.5. The number of aldehydes is 1. The van der Waals surface area contributed by atoms with Crippen LogP contribution in [0.15, 0.2) is 24.3 Å². The summed E-state index contributed by atoms with van der Waals surface area (Å²) in [5, 5.41) is 0.615. The van der Waals surface area contributed by atoms with Crippen molar-refractivity contribution in [2.45, 2.75) is 3.78 Å². The molecule has 0 saturated heterocycles. The van der Waals surface area contributed by atoms with Gasteiger partial charge in [0.1, 0.15) is 0 Å². The van der Waals surface area contributed by atoms with E-state index < -0.39 is 3.78 Å². The number of carbonyl (C=O) groups excluding carboxylic acids is 1. The van der Waals surface area contributed by atoms with E-state index in [1.54, 1.807) is 24.3 Å². The molecule has 0 aromatic heterocycles. The van der Waals surface area contributed by atoms with Crippen molar-refractivity contribution >= 4 is 45.4 Å². The van der Waals surface area contributed by atoms with Gasteiger partial charge in [0.2, 0.25) is 0 Å². The Morgan fingerprint density at radius 1 is 1.33 bits per heavy atom. The van der Waals surface area contributed by atoms with Crippen LogP contribution in [-0.2, 0) is 8.58 Å². The van der Waals surface area contributed by atoms with Crippen LogP contribution in [0.25, 0.3) is 0 Å². The molecule has 0 saturated carbocycles. The summed E-state index contributed by atoms with van der Waals surface area (Å²) >= 11 is 14.5. The fourth-order valence-corrected chi connectivity index (χ4v) is 1.26. The SMILES string of the molecule is O=CC(Cl)(Br)c1ccc(Cl)cc1. The lowest BCUT2D eigenvalue weighted by Crippen LogP contribution is -2.10. The van der Waals surface area contributed by atoms with Crippen molar-refractivity contribution in [1.29, 1.82) is 0 Å². The minimum atomic E-state index is -1.13. The second-order valence-electron chi connectivity index (χ2n) is 2.25. The maximum atomic E-state index is 10.5. The molecule has 1 atom stereocenters. The second kappa shape index (κ2) is 3.77. The Morgan fingerprint density at radius 3 is 2.25 bits per heavy atom. The van der Waals surface area contributed by atoms with E-state index in [4.69, 9.17) is 23.2 Å². The van der Waals surface area contributed by atoms with Crippen molar-refractivity contribution in [2.75, 3.05) is 0 Å². The van der Waals surface area contributed by atoms with Crippen molar-refractivity contribution in [3.63, 3.8) is 0 Å². The van der Waals surface area contributed by atoms with Gasteiger partial charge in [-0.2, -0.15) is 0 Å². The number of benzene rings is 1. The number of hydrogen-bond donors (Lipinski definition) is 0. The average Bonchev–Trinajstić information content (AvgIpc) is 2.05. The maximum Gasteiger partial charge on any atom is 0.179 e. The number of carbonyl (C=O) groups is 1. The van der Waals surface area contributed by atoms with Crippen molar-refractivity contribution in [2.24, 2.45) is 0 Å². The Hall–Kier alpha value is -0.0500. The van der Waals surface area contributed by atoms with Crippen LogP contribution in [0.5, 0.6) is 0 Å². The Morgan fingerprint density at radius 2 is 1.83 bits per heavy atom. The third-order valence-corrected chi connectivity index (χ3v) is 2.58. The smallest absolute Gasteiger partial charge is 0.179 e. The van der Waals surface area contributed by atoms with E-state index in [2.05, 4.69) is 15.9 Å². The lowest BCUT2D eigenvalue weighted by molar-refractivity contribution is -0.108. The van der Waals surface area contributed by atoms with E-state index in [1.807, 2.05) is 0 Å². The van der Waals surface area contributed by atoms with Crippen molar-refractivity contribution in [1.82, 2.24) is 0 Å². The van der Waals surface area contributed by atoms with Crippen LogP contribution in [0.4, 0.5) is 0 Å². The van der Waals surface area contributed by atoms with E-state index in [0.717, 1.165) is 0 Å². The topological polar surface area (TPSA) is 17.1 Å². The fraction of sp³-hybridized carbons (Fsp3) is 0.125. The highest BCUT2D eigenvalue weighted by molar-refractivity contribution is 9.10. The molecule has 4 heteroatoms. The first-order valence-electron chi connectivity index (χ1n) is 3.16. The van der Waals surface area contributed by atoms with Gasteiger partial charge in [0.25, 0.3) is 0 Å². The molecular weight excluding hydrogens is 263 g/mol. The average molecular weight is 268 g/mol. The zero-order chi connectivity index (χ0) is 9.19. The molecule has 0 fully saturated rings. The molecule has 0 aliphatic heterocycles. The van der Waals surface area contributed by atoms with E-state index in [1.165, 1.54) is 0 Å². The van der Waals surface area contributed by atoms with Gasteiger partial charge in [-0.05, 0) is 17.7 Å². The first-order chi connectivity index (χ1) is 5.56. The predicted octanol–water partition coefficient (Wildman–Crippen LogP) is 3.33. The molecule has 0 heterocycles. The summed E-state index contributed by atoms with van der Waals surface area (Å²) in [6, 6.07) is 6.74. The summed E-state index contributed by atoms with van der Waals surface area (Å²) in [6.07, 6.45) is 0.623. The molecule has 0 spiro atoms. The summed E-state index contributed by atoms with van der Waals surface area (Å²) in [5.41, 5.74) is 0.670. The number of hydrogen-bond acceptors (Lipinski definition) is 1. The highest BCUT2D eigenvalue weighted by Gasteiger charge is 2.24. The third kappa shape index (κ3) is 2.22. The van der Waals surface area contributed by atoms with Gasteiger partial charge >= 0.3 is 0 Å². The monoisotopic (exact) mass is 266 g/mol. The molecular formula is C8H5BrCl2O. The highest BCUT2D eigenvalue weighted by atomic mass is 79.9. The zero-order valence-electron chi connectivity index (χ0n) is 5.93. The fourth-order valence-electron chi connectivity index (χ4n) is 0.740. The summed E-state index contributed by atoms with van der Waals surface area (Å²) in [7, 11) is 0. The molecule has 12 heavy (non-hydrogen) atoms. The standard InChI is InChI=1S/C8H5BrCl2O/c9-8(11,5-12)6-1-3-7(10)4-2-6/h1-5H. The second-order valence-corrected chi connectivity index (χ2v) is 4.99. The molecule has 0 amide bonds. The molecule has 0 aliphatic carbocycles. The Kier molecular flexibility index (Phi) is 3.16. The van der Waals surface area contributed by atoms with Gasteiger partial charge in [0.05, 0.1) is 0 Å². The summed E-state index contributed by atoms with van der Waals surface area (Å²) in [4.78, 5) is 10.5. The first-order valence-corrected chi connectivity index (χ1v) is 4.71. The van der Waals surface area contributed by atoms with Gasteiger partial charge < -0.3 is 4.79 Å². The zero-order valence-corrected chi connectivity index (χ0v) is 9.03. The molecule has 1 rings (SSSR count). The van der Waals surface area contributed by atoms with Crippen LogP contribution in [0.3, 0.4) is 0 Å². The quantitative estimate of drug-likeness (QED) is 0.594. The molecule has 1 unspecified atom stereocenters. The van der Waals surface area contributed by atoms with Crippen LogP contribution >= 0.6 is 39.1 Å². The lowest BCUT2D eigenvalue weighted by atomic mass is 10.2. The first kappa shape index (κ1) is 10.0. The molecule has 0 bridgehead atoms. The van der Waals surface area contributed by atoms with Crippen LogP contribution < -0.4 is 0 Å². The van der Waals surface area contributed by atoms with Crippen molar-refractivity contribution in [3.05, 3.63) is 34.9 Å². The largest absolute Gasteiger partial charge is 0.300 e. The Bertz CT molecular complexity index is 282. The molecule has 64 valence electrons. The number of halogens is 3. The predicted molar refractivity (Wildman–Crippen MR) is 54.0 cm³/mol. The van der Waals surface area contributed by atoms with Gasteiger partial charge in [-0.3, -0.25) is 0 Å². The molecule has 0 aliphatic rings. The van der Waals surface area contributed by atoms with Crippen LogP contribution in [0.1, 0.15) is 5.56 Å². The Balaban J connectivity index is 3.04. The van der Waals surface area contributed by atoms with Gasteiger partial charge in [-0.1, -0.05) is 51.3 Å². The van der Waals surface area contributed by atoms with E-state index in [0.29, 0.717) is 16.9 Å². The minimum Gasteiger partial charge on any atom is -0.300 e. The van der Waals surface area contributed by atoms with Gasteiger partial charge in [-0.25, -0.2) is 0 Å².